The summed E-state index contributed by atoms with van der Waals surface area (Å²) in [5, 5.41) is 4.85. The Labute approximate surface area is 174 Å². The molecule has 0 fully saturated rings. The van der Waals surface area contributed by atoms with Crippen LogP contribution in [-0.2, 0) is 6.61 Å². The standard InChI is InChI=1S/C18H12Cl3N3O2S/c19-15-6-1-11(7-16(15)20)10-26-13-4-2-12(3-5-13)17(25)24-23-9-14-8-22-18(21)27-14/h1-9H,10H2,(H,24,25). The Hall–Kier alpha value is -2.12. The molecule has 2 aromatic carbocycles. The molecule has 1 heterocycles. The highest BCUT2D eigenvalue weighted by atomic mass is 35.5. The molecule has 138 valence electrons. The third-order valence-corrected chi connectivity index (χ3v) is 5.15. The molecule has 1 aromatic heterocycles. The van der Waals surface area contributed by atoms with Crippen LogP contribution in [0.3, 0.4) is 0 Å². The zero-order chi connectivity index (χ0) is 19.2. The Morgan fingerprint density at radius 2 is 1.93 bits per heavy atom. The first-order chi connectivity index (χ1) is 13.0. The third kappa shape index (κ3) is 5.68. The maximum absolute atomic E-state index is 12.1. The monoisotopic (exact) mass is 439 g/mol. The van der Waals surface area contributed by atoms with Gasteiger partial charge < -0.3 is 4.74 Å². The summed E-state index contributed by atoms with van der Waals surface area (Å²) in [5.74, 6) is 0.290. The summed E-state index contributed by atoms with van der Waals surface area (Å²) in [6.45, 7) is 0.337. The number of rotatable bonds is 6. The van der Waals surface area contributed by atoms with Gasteiger partial charge in [-0.05, 0) is 42.0 Å². The van der Waals surface area contributed by atoms with Gasteiger partial charge >= 0.3 is 0 Å². The first kappa shape index (κ1) is 19.6. The van der Waals surface area contributed by atoms with E-state index in [2.05, 4.69) is 15.5 Å². The molecular formula is C18H12Cl3N3O2S. The summed E-state index contributed by atoms with van der Waals surface area (Å²) in [6.07, 6.45) is 3.05. The van der Waals surface area contributed by atoms with Gasteiger partial charge in [0.25, 0.3) is 5.91 Å². The molecule has 5 nitrogen and oxygen atoms in total. The summed E-state index contributed by atoms with van der Waals surface area (Å²) in [5.41, 5.74) is 3.79. The number of hydrogen-bond donors (Lipinski definition) is 1. The lowest BCUT2D eigenvalue weighted by molar-refractivity contribution is 0.0955. The second kappa shape index (κ2) is 9.19. The van der Waals surface area contributed by atoms with E-state index in [0.717, 1.165) is 10.4 Å². The molecule has 0 atom stereocenters. The molecule has 1 N–H and O–H groups in total. The van der Waals surface area contributed by atoms with Crippen molar-refractivity contribution in [1.82, 2.24) is 10.4 Å². The minimum Gasteiger partial charge on any atom is -0.489 e. The number of hydrazone groups is 1. The fourth-order valence-electron chi connectivity index (χ4n) is 2.04. The lowest BCUT2D eigenvalue weighted by Crippen LogP contribution is -2.17. The van der Waals surface area contributed by atoms with Gasteiger partial charge in [0.05, 0.1) is 21.1 Å². The highest BCUT2D eigenvalue weighted by Gasteiger charge is 2.05. The first-order valence-electron chi connectivity index (χ1n) is 7.63. The number of nitrogens with one attached hydrogen (secondary N) is 1. The topological polar surface area (TPSA) is 63.6 Å². The molecule has 27 heavy (non-hydrogen) atoms. The van der Waals surface area contributed by atoms with Gasteiger partial charge in [0.2, 0.25) is 0 Å². The maximum atomic E-state index is 12.1. The number of ether oxygens (including phenoxy) is 1. The molecule has 0 spiro atoms. The molecule has 0 radical (unpaired) electrons. The molecule has 0 aliphatic heterocycles. The van der Waals surface area contributed by atoms with E-state index in [1.165, 1.54) is 17.6 Å². The Balaban J connectivity index is 1.53. The van der Waals surface area contributed by atoms with Crippen molar-refractivity contribution < 1.29 is 9.53 Å². The highest BCUT2D eigenvalue weighted by Crippen LogP contribution is 2.23. The van der Waals surface area contributed by atoms with E-state index in [1.807, 2.05) is 6.07 Å². The number of benzene rings is 2. The summed E-state index contributed by atoms with van der Waals surface area (Å²) in [4.78, 5) is 16.7. The quantitative estimate of drug-likeness (QED) is 0.410. The van der Waals surface area contributed by atoms with Crippen molar-refractivity contribution in [2.24, 2.45) is 5.10 Å². The molecular weight excluding hydrogens is 429 g/mol. The van der Waals surface area contributed by atoms with Crippen LogP contribution in [0.1, 0.15) is 20.8 Å². The second-order valence-corrected chi connectivity index (χ2v) is 7.73. The minimum absolute atomic E-state index is 0.335. The Morgan fingerprint density at radius 1 is 1.15 bits per heavy atom. The van der Waals surface area contributed by atoms with Crippen LogP contribution in [0.15, 0.2) is 53.8 Å². The predicted octanol–water partition coefficient (Wildman–Crippen LogP) is 5.45. The van der Waals surface area contributed by atoms with E-state index in [9.17, 15) is 4.79 Å². The van der Waals surface area contributed by atoms with Crippen molar-refractivity contribution in [3.63, 3.8) is 0 Å². The van der Waals surface area contributed by atoms with Gasteiger partial charge in [0.15, 0.2) is 4.47 Å². The van der Waals surface area contributed by atoms with E-state index in [1.54, 1.807) is 42.6 Å². The maximum Gasteiger partial charge on any atom is 0.271 e. The predicted molar refractivity (Wildman–Crippen MR) is 109 cm³/mol. The van der Waals surface area contributed by atoms with Crippen LogP contribution in [-0.4, -0.2) is 17.1 Å². The molecule has 3 aromatic rings. The van der Waals surface area contributed by atoms with Crippen LogP contribution >= 0.6 is 46.1 Å². The second-order valence-electron chi connectivity index (χ2n) is 5.28. The number of amides is 1. The minimum atomic E-state index is -0.335. The van der Waals surface area contributed by atoms with Crippen LogP contribution in [0.5, 0.6) is 5.75 Å². The molecule has 0 saturated carbocycles. The van der Waals surface area contributed by atoms with Crippen molar-refractivity contribution in [1.29, 1.82) is 0 Å². The van der Waals surface area contributed by atoms with Gasteiger partial charge in [-0.3, -0.25) is 4.79 Å². The van der Waals surface area contributed by atoms with Gasteiger partial charge in [-0.1, -0.05) is 40.9 Å². The molecule has 0 aliphatic carbocycles. The van der Waals surface area contributed by atoms with Gasteiger partial charge in [0.1, 0.15) is 12.4 Å². The zero-order valence-corrected chi connectivity index (χ0v) is 16.7. The van der Waals surface area contributed by atoms with Crippen LogP contribution < -0.4 is 10.2 Å². The van der Waals surface area contributed by atoms with E-state index in [0.29, 0.717) is 32.4 Å². The van der Waals surface area contributed by atoms with E-state index in [4.69, 9.17) is 39.5 Å². The van der Waals surface area contributed by atoms with Gasteiger partial charge in [0, 0.05) is 11.8 Å². The lowest BCUT2D eigenvalue weighted by atomic mass is 10.2. The molecule has 0 saturated heterocycles. The fourth-order valence-corrected chi connectivity index (χ4v) is 3.19. The molecule has 9 heteroatoms. The third-order valence-electron chi connectivity index (χ3n) is 3.36. The number of nitrogens with zero attached hydrogens (tertiary/aromatic N) is 2. The SMILES string of the molecule is O=C(NN=Cc1cnc(Cl)s1)c1ccc(OCc2ccc(Cl)c(Cl)c2)cc1. The van der Waals surface area contributed by atoms with Crippen LogP contribution in [0.25, 0.3) is 0 Å². The van der Waals surface area contributed by atoms with Crippen molar-refractivity contribution in [3.8, 4) is 5.75 Å². The molecule has 0 unspecified atom stereocenters. The van der Waals surface area contributed by atoms with Crippen molar-refractivity contribution in [2.75, 3.05) is 0 Å². The first-order valence-corrected chi connectivity index (χ1v) is 9.58. The number of carbonyl (C=O) groups excluding carboxylic acids is 1. The van der Waals surface area contributed by atoms with E-state index in [-0.39, 0.29) is 5.91 Å². The number of carbonyl (C=O) groups is 1. The zero-order valence-electron chi connectivity index (χ0n) is 13.7. The number of thiazole rings is 1. The van der Waals surface area contributed by atoms with Crippen molar-refractivity contribution in [3.05, 3.63) is 79.2 Å². The van der Waals surface area contributed by atoms with Gasteiger partial charge in [-0.25, -0.2) is 10.4 Å². The molecule has 0 bridgehead atoms. The van der Waals surface area contributed by atoms with Gasteiger partial charge in [-0.2, -0.15) is 5.10 Å². The smallest absolute Gasteiger partial charge is 0.271 e. The Bertz CT molecular complexity index is 974. The van der Waals surface area contributed by atoms with Crippen molar-refractivity contribution in [2.45, 2.75) is 6.61 Å². The van der Waals surface area contributed by atoms with E-state index >= 15 is 0 Å². The lowest BCUT2D eigenvalue weighted by Gasteiger charge is -2.08. The number of halogens is 3. The van der Waals surface area contributed by atoms with Crippen LogP contribution in [0, 0.1) is 0 Å². The fraction of sp³-hybridized carbons (Fsp3) is 0.0556. The average molecular weight is 441 g/mol. The molecule has 1 amide bonds. The van der Waals surface area contributed by atoms with E-state index < -0.39 is 0 Å². The summed E-state index contributed by atoms with van der Waals surface area (Å²) in [6, 6.07) is 12.0. The molecule has 0 aliphatic rings. The van der Waals surface area contributed by atoms with Crippen LogP contribution in [0.2, 0.25) is 14.5 Å². The summed E-state index contributed by atoms with van der Waals surface area (Å²) in [7, 11) is 0. The Morgan fingerprint density at radius 3 is 2.59 bits per heavy atom. The van der Waals surface area contributed by atoms with Gasteiger partial charge in [-0.15, -0.1) is 11.3 Å². The Kier molecular flexibility index (Phi) is 6.68. The highest BCUT2D eigenvalue weighted by molar-refractivity contribution is 7.17. The summed E-state index contributed by atoms with van der Waals surface area (Å²) < 4.78 is 6.10. The average Bonchev–Trinajstić information content (AvgIpc) is 3.08. The number of hydrogen-bond acceptors (Lipinski definition) is 5. The number of aromatic nitrogens is 1. The molecule has 3 rings (SSSR count). The summed E-state index contributed by atoms with van der Waals surface area (Å²) >= 11 is 18.9. The largest absolute Gasteiger partial charge is 0.489 e. The van der Waals surface area contributed by atoms with Crippen LogP contribution in [0.4, 0.5) is 0 Å². The normalized spacial score (nSPS) is 10.9. The van der Waals surface area contributed by atoms with Crippen molar-refractivity contribution >= 4 is 58.3 Å².